The van der Waals surface area contributed by atoms with Gasteiger partial charge >= 0.3 is 0 Å². The fourth-order valence-electron chi connectivity index (χ4n) is 3.55. The van der Waals surface area contributed by atoms with Crippen molar-refractivity contribution in [3.8, 4) is 23.0 Å². The Balaban J connectivity index is 1.67. The number of hydrogen-bond acceptors (Lipinski definition) is 6. The maximum Gasteiger partial charge on any atom is 0.235 e. The average molecular weight is 432 g/mol. The van der Waals surface area contributed by atoms with E-state index in [2.05, 4.69) is 0 Å². The van der Waals surface area contributed by atoms with Crippen molar-refractivity contribution in [3.63, 3.8) is 0 Å². The number of Topliss-reactive ketones (excluding diaryl/α,β-unsaturated/α-hetero) is 1. The highest BCUT2D eigenvalue weighted by atomic mass is 16.5. The number of carbonyl (C=O) groups is 1. The maximum atomic E-state index is 13.3. The van der Waals surface area contributed by atoms with Crippen molar-refractivity contribution < 1.29 is 23.1 Å². The zero-order valence-electron chi connectivity index (χ0n) is 18.4. The monoisotopic (exact) mass is 432 g/mol. The number of rotatable bonds is 7. The lowest BCUT2D eigenvalue weighted by Gasteiger charge is -2.12. The molecule has 2 heterocycles. The summed E-state index contributed by atoms with van der Waals surface area (Å²) in [6, 6.07) is 13.9. The van der Waals surface area contributed by atoms with Gasteiger partial charge in [0.1, 0.15) is 11.3 Å². The van der Waals surface area contributed by atoms with E-state index < -0.39 is 0 Å². The minimum atomic E-state index is -0.349. The van der Waals surface area contributed by atoms with Crippen molar-refractivity contribution in [2.24, 2.45) is 0 Å². The molecule has 2 aromatic carbocycles. The summed E-state index contributed by atoms with van der Waals surface area (Å²) >= 11 is 0. The summed E-state index contributed by atoms with van der Waals surface area (Å²) in [6.07, 6.45) is 1.52. The normalized spacial score (nSPS) is 11.2. The minimum Gasteiger partial charge on any atom is -0.491 e. The van der Waals surface area contributed by atoms with E-state index in [9.17, 15) is 9.59 Å². The Morgan fingerprint density at radius 2 is 1.81 bits per heavy atom. The Hall–Kier alpha value is -3.80. The molecule has 0 unspecified atom stereocenters. The van der Waals surface area contributed by atoms with Gasteiger partial charge in [-0.1, -0.05) is 6.07 Å². The predicted molar refractivity (Wildman–Crippen MR) is 122 cm³/mol. The lowest BCUT2D eigenvalue weighted by molar-refractivity contribution is 0.0920. The third-order valence-corrected chi connectivity index (χ3v) is 4.92. The van der Waals surface area contributed by atoms with Crippen LogP contribution in [0.25, 0.3) is 22.5 Å². The van der Waals surface area contributed by atoms with Crippen LogP contribution in [0, 0.1) is 13.8 Å². The van der Waals surface area contributed by atoms with Crippen LogP contribution in [0.5, 0.6) is 11.5 Å². The third kappa shape index (κ3) is 4.30. The molecule has 164 valence electrons. The molecule has 2 aromatic heterocycles. The van der Waals surface area contributed by atoms with Crippen molar-refractivity contribution in [1.82, 2.24) is 0 Å². The van der Waals surface area contributed by atoms with Gasteiger partial charge in [-0.25, -0.2) is 0 Å². The van der Waals surface area contributed by atoms with Gasteiger partial charge in [-0.15, -0.1) is 0 Å². The van der Waals surface area contributed by atoms with Crippen LogP contribution in [0.4, 0.5) is 0 Å². The van der Waals surface area contributed by atoms with Gasteiger partial charge in [-0.05, 0) is 81.3 Å². The largest absolute Gasteiger partial charge is 0.491 e. The van der Waals surface area contributed by atoms with Gasteiger partial charge in [-0.2, -0.15) is 0 Å². The van der Waals surface area contributed by atoms with E-state index in [0.717, 1.165) is 11.1 Å². The van der Waals surface area contributed by atoms with E-state index in [1.807, 2.05) is 33.8 Å². The van der Waals surface area contributed by atoms with Crippen molar-refractivity contribution in [2.75, 3.05) is 6.61 Å². The first-order valence-electron chi connectivity index (χ1n) is 10.4. The highest BCUT2D eigenvalue weighted by molar-refractivity contribution is 5.97. The Labute approximate surface area is 185 Å². The summed E-state index contributed by atoms with van der Waals surface area (Å²) < 4.78 is 22.8. The molecule has 4 rings (SSSR count). The molecule has 0 fully saturated rings. The summed E-state index contributed by atoms with van der Waals surface area (Å²) in [5.74, 6) is 0.866. The zero-order chi connectivity index (χ0) is 22.8. The molecule has 0 aliphatic heterocycles. The molecular weight excluding hydrogens is 408 g/mol. The molecule has 0 amide bonds. The number of ketones is 1. The summed E-state index contributed by atoms with van der Waals surface area (Å²) in [4.78, 5) is 26.0. The van der Waals surface area contributed by atoms with Gasteiger partial charge in [0.25, 0.3) is 0 Å². The van der Waals surface area contributed by atoms with E-state index in [1.165, 1.54) is 6.26 Å². The molecule has 6 heteroatoms. The Bertz CT molecular complexity index is 1310. The predicted octanol–water partition coefficient (Wildman–Crippen LogP) is 5.72. The third-order valence-electron chi connectivity index (χ3n) is 4.92. The molecule has 0 N–H and O–H groups in total. The number of hydrogen-bond donors (Lipinski definition) is 0. The smallest absolute Gasteiger partial charge is 0.235 e. The van der Waals surface area contributed by atoms with E-state index >= 15 is 0 Å². The number of fused-ring (bicyclic) bond motifs is 1. The van der Waals surface area contributed by atoms with E-state index in [0.29, 0.717) is 28.0 Å². The molecule has 0 aliphatic rings. The Morgan fingerprint density at radius 1 is 1.06 bits per heavy atom. The summed E-state index contributed by atoms with van der Waals surface area (Å²) in [7, 11) is 0. The van der Waals surface area contributed by atoms with Gasteiger partial charge in [0.05, 0.1) is 17.8 Å². The maximum absolute atomic E-state index is 13.3. The highest BCUT2D eigenvalue weighted by Gasteiger charge is 2.22. The Morgan fingerprint density at radius 3 is 2.47 bits per heavy atom. The number of benzene rings is 2. The molecule has 4 aromatic rings. The van der Waals surface area contributed by atoms with Gasteiger partial charge in [0.2, 0.25) is 16.9 Å². The second-order valence-electron chi connectivity index (χ2n) is 7.93. The molecular formula is C26H24O6. The number of carbonyl (C=O) groups excluding carboxylic acids is 1. The molecule has 0 atom stereocenters. The van der Waals surface area contributed by atoms with Gasteiger partial charge < -0.3 is 18.3 Å². The van der Waals surface area contributed by atoms with Crippen molar-refractivity contribution >= 4 is 16.8 Å². The van der Waals surface area contributed by atoms with Crippen LogP contribution >= 0.6 is 0 Å². The lowest BCUT2D eigenvalue weighted by atomic mass is 10.1. The van der Waals surface area contributed by atoms with Crippen molar-refractivity contribution in [2.45, 2.75) is 33.8 Å². The second-order valence-corrected chi connectivity index (χ2v) is 7.93. The molecule has 0 bridgehead atoms. The molecule has 0 saturated carbocycles. The lowest BCUT2D eigenvalue weighted by Crippen LogP contribution is -2.17. The van der Waals surface area contributed by atoms with Gasteiger partial charge in [-0.3, -0.25) is 9.59 Å². The van der Waals surface area contributed by atoms with Crippen LogP contribution in [-0.4, -0.2) is 18.5 Å². The molecule has 0 radical (unpaired) electrons. The average Bonchev–Trinajstić information content (AvgIpc) is 3.28. The second kappa shape index (κ2) is 8.75. The molecule has 0 aliphatic carbocycles. The number of ether oxygens (including phenoxy) is 2. The molecule has 6 nitrogen and oxygen atoms in total. The van der Waals surface area contributed by atoms with Crippen LogP contribution in [-0.2, 0) is 0 Å². The molecule has 32 heavy (non-hydrogen) atoms. The minimum absolute atomic E-state index is 0.0410. The standard InChI is InChI=1S/C26H24O6/c1-15(2)31-19-9-7-18(8-10-19)21(27)14-30-26-23(28)20-13-16(3)12-17(4)24(20)32-25(26)22-6-5-11-29-22/h5-13,15H,14H2,1-4H3. The summed E-state index contributed by atoms with van der Waals surface area (Å²) in [5.41, 5.74) is 2.33. The first-order chi connectivity index (χ1) is 15.3. The van der Waals surface area contributed by atoms with Crippen LogP contribution < -0.4 is 14.9 Å². The molecule has 0 saturated heterocycles. The fraction of sp³-hybridized carbons (Fsp3) is 0.231. The van der Waals surface area contributed by atoms with Crippen molar-refractivity contribution in [3.05, 3.63) is 81.7 Å². The van der Waals surface area contributed by atoms with Crippen molar-refractivity contribution in [1.29, 1.82) is 0 Å². The van der Waals surface area contributed by atoms with E-state index in [4.69, 9.17) is 18.3 Å². The summed E-state index contributed by atoms with van der Waals surface area (Å²) in [6.45, 7) is 7.33. The van der Waals surface area contributed by atoms with Crippen LogP contribution in [0.1, 0.15) is 35.3 Å². The van der Waals surface area contributed by atoms with Crippen LogP contribution in [0.3, 0.4) is 0 Å². The number of furan rings is 1. The SMILES string of the molecule is Cc1cc(C)c2oc(-c3ccco3)c(OCC(=O)c3ccc(OC(C)C)cc3)c(=O)c2c1. The zero-order valence-corrected chi connectivity index (χ0v) is 18.4. The quantitative estimate of drug-likeness (QED) is 0.348. The fourth-order valence-corrected chi connectivity index (χ4v) is 3.55. The first-order valence-corrected chi connectivity index (χ1v) is 10.4. The first kappa shape index (κ1) is 21.4. The van der Waals surface area contributed by atoms with Crippen LogP contribution in [0.2, 0.25) is 0 Å². The topological polar surface area (TPSA) is 78.9 Å². The van der Waals surface area contributed by atoms with Gasteiger partial charge in [0.15, 0.2) is 18.2 Å². The Kier molecular flexibility index (Phi) is 5.86. The molecule has 0 spiro atoms. The van der Waals surface area contributed by atoms with E-state index in [-0.39, 0.29) is 35.4 Å². The van der Waals surface area contributed by atoms with Crippen LogP contribution in [0.15, 0.2) is 68.4 Å². The summed E-state index contributed by atoms with van der Waals surface area (Å²) in [5, 5.41) is 0.399. The highest BCUT2D eigenvalue weighted by Crippen LogP contribution is 2.32. The van der Waals surface area contributed by atoms with E-state index in [1.54, 1.807) is 42.5 Å². The van der Waals surface area contributed by atoms with Gasteiger partial charge in [0, 0.05) is 5.56 Å². The number of aryl methyl sites for hydroxylation is 2.